The van der Waals surface area contributed by atoms with Crippen LogP contribution in [0.5, 0.6) is 0 Å². The molecule has 1 saturated heterocycles. The Morgan fingerprint density at radius 3 is 2.16 bits per heavy atom. The van der Waals surface area contributed by atoms with Crippen molar-refractivity contribution in [3.63, 3.8) is 0 Å². The predicted octanol–water partition coefficient (Wildman–Crippen LogP) is 2.98. The predicted molar refractivity (Wildman–Crippen MR) is 64.5 cm³/mol. The van der Waals surface area contributed by atoms with E-state index in [0.717, 1.165) is 0 Å². The van der Waals surface area contributed by atoms with E-state index in [-0.39, 0.29) is 5.56 Å². The Bertz CT molecular complexity index is 461. The number of aliphatic hydroxyl groups is 1. The van der Waals surface area contributed by atoms with Gasteiger partial charge in [-0.1, -0.05) is 24.3 Å². The van der Waals surface area contributed by atoms with E-state index >= 15 is 0 Å². The molecule has 1 N–H and O–H groups in total. The first kappa shape index (κ1) is 13.9. The molecule has 19 heavy (non-hydrogen) atoms. The second-order valence-corrected chi connectivity index (χ2v) is 4.75. The third-order valence-electron chi connectivity index (χ3n) is 3.64. The quantitative estimate of drug-likeness (QED) is 0.916. The SMILES string of the molecule is N#CC1(C(O)c2ccc(C(F)F)cc2)CCOCC1. The summed E-state index contributed by atoms with van der Waals surface area (Å²) in [5.74, 6) is 0. The molecule has 0 aromatic heterocycles. The maximum atomic E-state index is 12.5. The average molecular weight is 267 g/mol. The highest BCUT2D eigenvalue weighted by Crippen LogP contribution is 2.42. The molecule has 0 amide bonds. The second kappa shape index (κ2) is 5.64. The van der Waals surface area contributed by atoms with Gasteiger partial charge in [0.25, 0.3) is 6.43 Å². The Morgan fingerprint density at radius 1 is 1.16 bits per heavy atom. The first-order valence-corrected chi connectivity index (χ1v) is 6.14. The lowest BCUT2D eigenvalue weighted by Crippen LogP contribution is -2.34. The number of nitrogens with zero attached hydrogens (tertiary/aromatic N) is 1. The number of hydrogen-bond acceptors (Lipinski definition) is 3. The van der Waals surface area contributed by atoms with Gasteiger partial charge in [-0.3, -0.25) is 0 Å². The van der Waals surface area contributed by atoms with Crippen molar-refractivity contribution in [1.82, 2.24) is 0 Å². The molecule has 0 spiro atoms. The van der Waals surface area contributed by atoms with Crippen LogP contribution in [0, 0.1) is 16.7 Å². The lowest BCUT2D eigenvalue weighted by molar-refractivity contribution is -0.0310. The van der Waals surface area contributed by atoms with Crippen LogP contribution in [0.25, 0.3) is 0 Å². The van der Waals surface area contributed by atoms with Gasteiger partial charge in [0.2, 0.25) is 0 Å². The van der Waals surface area contributed by atoms with Crippen molar-refractivity contribution in [3.05, 3.63) is 35.4 Å². The molecule has 102 valence electrons. The van der Waals surface area contributed by atoms with Crippen molar-refractivity contribution in [1.29, 1.82) is 5.26 Å². The monoisotopic (exact) mass is 267 g/mol. The van der Waals surface area contributed by atoms with Crippen molar-refractivity contribution < 1.29 is 18.6 Å². The summed E-state index contributed by atoms with van der Waals surface area (Å²) in [4.78, 5) is 0. The van der Waals surface area contributed by atoms with E-state index in [1.165, 1.54) is 24.3 Å². The van der Waals surface area contributed by atoms with Gasteiger partial charge < -0.3 is 9.84 Å². The number of halogens is 2. The fraction of sp³-hybridized carbons (Fsp3) is 0.500. The zero-order chi connectivity index (χ0) is 13.9. The molecule has 1 heterocycles. The second-order valence-electron chi connectivity index (χ2n) is 4.75. The summed E-state index contributed by atoms with van der Waals surface area (Å²) in [6.07, 6.45) is -2.62. The molecule has 0 radical (unpaired) electrons. The minimum absolute atomic E-state index is 0.0889. The zero-order valence-corrected chi connectivity index (χ0v) is 10.4. The Morgan fingerprint density at radius 2 is 1.68 bits per heavy atom. The van der Waals surface area contributed by atoms with Crippen LogP contribution in [0.15, 0.2) is 24.3 Å². The Labute approximate surface area is 110 Å². The van der Waals surface area contributed by atoms with Crippen molar-refractivity contribution in [2.75, 3.05) is 13.2 Å². The summed E-state index contributed by atoms with van der Waals surface area (Å²) in [5.41, 5.74) is -0.480. The van der Waals surface area contributed by atoms with Gasteiger partial charge in [0, 0.05) is 18.8 Å². The van der Waals surface area contributed by atoms with Gasteiger partial charge >= 0.3 is 0 Å². The van der Waals surface area contributed by atoms with E-state index in [1.807, 2.05) is 0 Å². The molecule has 3 nitrogen and oxygen atoms in total. The Hall–Kier alpha value is -1.51. The first-order valence-electron chi connectivity index (χ1n) is 6.14. The molecule has 1 aromatic carbocycles. The molecular formula is C14H15F2NO2. The van der Waals surface area contributed by atoms with Crippen molar-refractivity contribution in [3.8, 4) is 6.07 Å². The van der Waals surface area contributed by atoms with Gasteiger partial charge in [-0.25, -0.2) is 8.78 Å². The van der Waals surface area contributed by atoms with Gasteiger partial charge in [-0.15, -0.1) is 0 Å². The molecular weight excluding hydrogens is 252 g/mol. The lowest BCUT2D eigenvalue weighted by atomic mass is 9.74. The summed E-state index contributed by atoms with van der Waals surface area (Å²) in [5, 5.41) is 19.7. The van der Waals surface area contributed by atoms with Crippen molar-refractivity contribution >= 4 is 0 Å². The smallest absolute Gasteiger partial charge is 0.263 e. The van der Waals surface area contributed by atoms with Gasteiger partial charge in [0.1, 0.15) is 0 Å². The van der Waals surface area contributed by atoms with Crippen molar-refractivity contribution in [2.45, 2.75) is 25.4 Å². The molecule has 1 aromatic rings. The third kappa shape index (κ3) is 2.75. The molecule has 2 rings (SSSR count). The maximum absolute atomic E-state index is 12.5. The third-order valence-corrected chi connectivity index (χ3v) is 3.64. The molecule has 0 saturated carbocycles. The highest BCUT2D eigenvalue weighted by molar-refractivity contribution is 5.28. The molecule has 1 aliphatic heterocycles. The highest BCUT2D eigenvalue weighted by atomic mass is 19.3. The number of benzene rings is 1. The van der Waals surface area contributed by atoms with Crippen LogP contribution < -0.4 is 0 Å². The van der Waals surface area contributed by atoms with Crippen molar-refractivity contribution in [2.24, 2.45) is 5.41 Å². The summed E-state index contributed by atoms with van der Waals surface area (Å²) >= 11 is 0. The fourth-order valence-electron chi connectivity index (χ4n) is 2.32. The first-order chi connectivity index (χ1) is 9.09. The molecule has 1 unspecified atom stereocenters. The summed E-state index contributed by atoms with van der Waals surface area (Å²) < 4.78 is 30.1. The van der Waals surface area contributed by atoms with E-state index in [4.69, 9.17) is 4.74 Å². The fourth-order valence-corrected chi connectivity index (χ4v) is 2.32. The van der Waals surface area contributed by atoms with Crippen LogP contribution in [0.2, 0.25) is 0 Å². The average Bonchev–Trinajstić information content (AvgIpc) is 2.47. The van der Waals surface area contributed by atoms with Gasteiger partial charge in [0.15, 0.2) is 0 Å². The number of ether oxygens (including phenoxy) is 1. The van der Waals surface area contributed by atoms with E-state index in [9.17, 15) is 19.1 Å². The minimum Gasteiger partial charge on any atom is -0.387 e. The normalized spacial score (nSPS) is 19.9. The molecule has 1 aliphatic rings. The Kier molecular flexibility index (Phi) is 4.13. The van der Waals surface area contributed by atoms with Crippen LogP contribution in [0.4, 0.5) is 8.78 Å². The number of alkyl halides is 2. The van der Waals surface area contributed by atoms with Crippen LogP contribution in [-0.4, -0.2) is 18.3 Å². The van der Waals surface area contributed by atoms with Crippen LogP contribution in [0.1, 0.15) is 36.5 Å². The zero-order valence-electron chi connectivity index (χ0n) is 10.4. The molecule has 5 heteroatoms. The number of rotatable bonds is 3. The largest absolute Gasteiger partial charge is 0.387 e. The maximum Gasteiger partial charge on any atom is 0.263 e. The summed E-state index contributed by atoms with van der Waals surface area (Å²) in [6, 6.07) is 7.66. The van der Waals surface area contributed by atoms with Crippen LogP contribution in [-0.2, 0) is 4.74 Å². The van der Waals surface area contributed by atoms with Crippen LogP contribution >= 0.6 is 0 Å². The molecule has 1 atom stereocenters. The van der Waals surface area contributed by atoms with Crippen LogP contribution in [0.3, 0.4) is 0 Å². The topological polar surface area (TPSA) is 53.2 Å². The standard InChI is InChI=1S/C14H15F2NO2/c15-13(16)11-3-1-10(2-4-11)12(18)14(9-17)5-7-19-8-6-14/h1-4,12-13,18H,5-8H2. The number of aliphatic hydroxyl groups excluding tert-OH is 1. The number of nitriles is 1. The van der Waals surface area contributed by atoms with Gasteiger partial charge in [-0.05, 0) is 18.4 Å². The van der Waals surface area contributed by atoms with Gasteiger partial charge in [0.05, 0.1) is 17.6 Å². The summed E-state index contributed by atoms with van der Waals surface area (Å²) in [6.45, 7) is 0.861. The lowest BCUT2D eigenvalue weighted by Gasteiger charge is -2.35. The van der Waals surface area contributed by atoms with E-state index in [1.54, 1.807) is 0 Å². The highest BCUT2D eigenvalue weighted by Gasteiger charge is 2.40. The Balaban J connectivity index is 2.22. The molecule has 1 fully saturated rings. The number of hydrogen-bond donors (Lipinski definition) is 1. The molecule has 0 bridgehead atoms. The van der Waals surface area contributed by atoms with E-state index in [2.05, 4.69) is 6.07 Å². The minimum atomic E-state index is -2.53. The van der Waals surface area contributed by atoms with E-state index in [0.29, 0.717) is 31.6 Å². The van der Waals surface area contributed by atoms with Gasteiger partial charge in [-0.2, -0.15) is 5.26 Å². The molecule has 0 aliphatic carbocycles. The van der Waals surface area contributed by atoms with E-state index < -0.39 is 17.9 Å². The summed E-state index contributed by atoms with van der Waals surface area (Å²) in [7, 11) is 0.